The highest BCUT2D eigenvalue weighted by atomic mass is 16.3. The van der Waals surface area contributed by atoms with Crippen molar-refractivity contribution in [1.29, 1.82) is 0 Å². The van der Waals surface area contributed by atoms with Crippen molar-refractivity contribution in [2.75, 3.05) is 0 Å². The summed E-state index contributed by atoms with van der Waals surface area (Å²) in [5, 5.41) is 13.5. The Morgan fingerprint density at radius 3 is 2.68 bits per heavy atom. The van der Waals surface area contributed by atoms with Crippen LogP contribution < -0.4 is 0 Å². The second kappa shape index (κ2) is 4.49. The fourth-order valence-corrected chi connectivity index (χ4v) is 1.75. The van der Waals surface area contributed by atoms with E-state index >= 15 is 0 Å². The van der Waals surface area contributed by atoms with Crippen molar-refractivity contribution in [2.24, 2.45) is 12.0 Å². The van der Waals surface area contributed by atoms with E-state index in [-0.39, 0.29) is 5.75 Å². The Kier molecular flexibility index (Phi) is 2.68. The quantitative estimate of drug-likeness (QED) is 0.707. The van der Waals surface area contributed by atoms with Crippen molar-refractivity contribution in [3.05, 3.63) is 42.2 Å². The van der Waals surface area contributed by atoms with E-state index in [0.29, 0.717) is 17.0 Å². The lowest BCUT2D eigenvalue weighted by Gasteiger charge is -1.92. The van der Waals surface area contributed by atoms with Crippen molar-refractivity contribution in [1.82, 2.24) is 19.7 Å². The minimum Gasteiger partial charge on any atom is -0.508 e. The normalized spacial score (nSPS) is 11.4. The number of hydrogen-bond acceptors (Lipinski definition) is 5. The van der Waals surface area contributed by atoms with Crippen LogP contribution in [0.15, 0.2) is 41.7 Å². The smallest absolute Gasteiger partial charge is 0.202 e. The van der Waals surface area contributed by atoms with Crippen LogP contribution in [-0.4, -0.2) is 31.1 Å². The van der Waals surface area contributed by atoms with Crippen LogP contribution >= 0.6 is 0 Å². The fourth-order valence-electron chi connectivity index (χ4n) is 1.75. The average molecular weight is 253 g/mol. The maximum absolute atomic E-state index is 9.21. The molecular formula is C13H11N5O. The van der Waals surface area contributed by atoms with Gasteiger partial charge in [-0.3, -0.25) is 0 Å². The number of rotatable bonds is 2. The number of hydrogen-bond donors (Lipinski definition) is 1. The molecule has 0 aliphatic heterocycles. The first-order valence-electron chi connectivity index (χ1n) is 5.71. The summed E-state index contributed by atoms with van der Waals surface area (Å²) in [6.45, 7) is 0. The summed E-state index contributed by atoms with van der Waals surface area (Å²) >= 11 is 0. The first-order valence-corrected chi connectivity index (χ1v) is 5.71. The molecule has 1 N–H and O–H groups in total. The van der Waals surface area contributed by atoms with E-state index in [1.807, 2.05) is 0 Å². The van der Waals surface area contributed by atoms with E-state index < -0.39 is 0 Å². The number of aliphatic imine (C=N–C) groups is 1. The third kappa shape index (κ3) is 2.15. The van der Waals surface area contributed by atoms with Crippen LogP contribution in [0.1, 0.15) is 5.56 Å². The van der Waals surface area contributed by atoms with Crippen molar-refractivity contribution in [3.63, 3.8) is 0 Å². The second-order valence-electron chi connectivity index (χ2n) is 4.03. The molecule has 0 saturated heterocycles. The van der Waals surface area contributed by atoms with Gasteiger partial charge in [0.15, 0.2) is 11.2 Å². The summed E-state index contributed by atoms with van der Waals surface area (Å²) in [4.78, 5) is 12.7. The van der Waals surface area contributed by atoms with Crippen molar-refractivity contribution >= 4 is 23.2 Å². The van der Waals surface area contributed by atoms with Crippen molar-refractivity contribution < 1.29 is 5.11 Å². The van der Waals surface area contributed by atoms with Gasteiger partial charge in [0.2, 0.25) is 5.82 Å². The molecule has 0 amide bonds. The number of aryl methyl sites for hydroxylation is 1. The zero-order valence-corrected chi connectivity index (χ0v) is 10.2. The molecule has 94 valence electrons. The molecule has 0 fully saturated rings. The molecule has 2 aromatic heterocycles. The molecule has 19 heavy (non-hydrogen) atoms. The van der Waals surface area contributed by atoms with Gasteiger partial charge in [0.1, 0.15) is 5.75 Å². The molecule has 0 atom stereocenters. The van der Waals surface area contributed by atoms with Gasteiger partial charge in [-0.1, -0.05) is 0 Å². The van der Waals surface area contributed by atoms with Crippen LogP contribution in [0.3, 0.4) is 0 Å². The zero-order chi connectivity index (χ0) is 13.2. The predicted molar refractivity (Wildman–Crippen MR) is 71.7 cm³/mol. The van der Waals surface area contributed by atoms with E-state index in [1.54, 1.807) is 54.6 Å². The topological polar surface area (TPSA) is 76.2 Å². The lowest BCUT2D eigenvalue weighted by atomic mass is 10.2. The minimum absolute atomic E-state index is 0.228. The first kappa shape index (κ1) is 11.3. The highest BCUT2D eigenvalue weighted by molar-refractivity contribution is 5.87. The Balaban J connectivity index is 1.99. The lowest BCUT2D eigenvalue weighted by molar-refractivity contribution is 0.475. The molecule has 0 aliphatic carbocycles. The monoisotopic (exact) mass is 253 g/mol. The number of aromatic nitrogens is 4. The Morgan fingerprint density at radius 2 is 1.89 bits per heavy atom. The Morgan fingerprint density at radius 1 is 1.16 bits per heavy atom. The van der Waals surface area contributed by atoms with Crippen LogP contribution in [-0.2, 0) is 7.05 Å². The fraction of sp³-hybridized carbons (Fsp3) is 0.0769. The van der Waals surface area contributed by atoms with Gasteiger partial charge in [-0.15, -0.1) is 5.10 Å². The molecule has 0 bridgehead atoms. The minimum atomic E-state index is 0.228. The van der Waals surface area contributed by atoms with E-state index in [0.717, 1.165) is 5.56 Å². The number of phenols is 1. The largest absolute Gasteiger partial charge is 0.508 e. The summed E-state index contributed by atoms with van der Waals surface area (Å²) < 4.78 is 1.64. The predicted octanol–water partition coefficient (Wildman–Crippen LogP) is 1.82. The number of aromatic hydroxyl groups is 1. The van der Waals surface area contributed by atoms with Crippen molar-refractivity contribution in [2.45, 2.75) is 0 Å². The summed E-state index contributed by atoms with van der Waals surface area (Å²) in [6, 6.07) is 6.76. The summed E-state index contributed by atoms with van der Waals surface area (Å²) in [6.07, 6.45) is 4.91. The van der Waals surface area contributed by atoms with Crippen LogP contribution in [0.4, 0.5) is 5.82 Å². The highest BCUT2D eigenvalue weighted by Crippen LogP contribution is 2.20. The van der Waals surface area contributed by atoms with Gasteiger partial charge in [0.25, 0.3) is 0 Å². The SMILES string of the molecule is Cn1nc(N=Cc2ccc(O)cc2)c2nccnc21. The molecular weight excluding hydrogens is 242 g/mol. The molecule has 1 aromatic carbocycles. The molecule has 0 saturated carbocycles. The van der Waals surface area contributed by atoms with Crippen LogP contribution in [0, 0.1) is 0 Å². The van der Waals surface area contributed by atoms with E-state index in [1.165, 1.54) is 0 Å². The standard InChI is InChI=1S/C13H11N5O/c1-18-13-11(14-6-7-15-13)12(17-18)16-8-9-2-4-10(19)5-3-9/h2-8,19H,1H3. The average Bonchev–Trinajstić information content (AvgIpc) is 2.76. The number of nitrogens with zero attached hydrogens (tertiary/aromatic N) is 5. The molecule has 0 unspecified atom stereocenters. The van der Waals surface area contributed by atoms with Crippen LogP contribution in [0.5, 0.6) is 5.75 Å². The summed E-state index contributed by atoms with van der Waals surface area (Å²) in [5.41, 5.74) is 2.24. The van der Waals surface area contributed by atoms with E-state index in [9.17, 15) is 5.11 Å². The van der Waals surface area contributed by atoms with Gasteiger partial charge in [0.05, 0.1) is 0 Å². The van der Waals surface area contributed by atoms with Gasteiger partial charge in [-0.05, 0) is 29.8 Å². The van der Waals surface area contributed by atoms with Crippen LogP contribution in [0.25, 0.3) is 11.2 Å². The van der Waals surface area contributed by atoms with Gasteiger partial charge in [0, 0.05) is 25.7 Å². The first-order chi connectivity index (χ1) is 9.24. The molecule has 6 nitrogen and oxygen atoms in total. The Bertz CT molecular complexity index is 745. The van der Waals surface area contributed by atoms with Gasteiger partial charge >= 0.3 is 0 Å². The van der Waals surface area contributed by atoms with E-state index in [2.05, 4.69) is 20.1 Å². The Labute approximate surface area is 109 Å². The third-order valence-corrected chi connectivity index (χ3v) is 2.67. The summed E-state index contributed by atoms with van der Waals surface area (Å²) in [5.74, 6) is 0.755. The highest BCUT2D eigenvalue weighted by Gasteiger charge is 2.08. The number of phenolic OH excluding ortho intramolecular Hbond substituents is 1. The zero-order valence-electron chi connectivity index (χ0n) is 10.2. The third-order valence-electron chi connectivity index (χ3n) is 2.67. The Hall–Kier alpha value is -2.76. The molecule has 2 heterocycles. The molecule has 0 radical (unpaired) electrons. The number of benzene rings is 1. The second-order valence-corrected chi connectivity index (χ2v) is 4.03. The molecule has 0 spiro atoms. The molecule has 3 rings (SSSR count). The van der Waals surface area contributed by atoms with Crippen molar-refractivity contribution in [3.8, 4) is 5.75 Å². The molecule has 3 aromatic rings. The van der Waals surface area contributed by atoms with Gasteiger partial charge in [-0.2, -0.15) is 0 Å². The van der Waals surface area contributed by atoms with E-state index in [4.69, 9.17) is 0 Å². The van der Waals surface area contributed by atoms with Gasteiger partial charge in [-0.25, -0.2) is 19.6 Å². The lowest BCUT2D eigenvalue weighted by Crippen LogP contribution is -1.91. The maximum Gasteiger partial charge on any atom is 0.202 e. The molecule has 0 aliphatic rings. The molecule has 6 heteroatoms. The maximum atomic E-state index is 9.21. The van der Waals surface area contributed by atoms with Gasteiger partial charge < -0.3 is 5.11 Å². The van der Waals surface area contributed by atoms with Crippen LogP contribution in [0.2, 0.25) is 0 Å². The summed E-state index contributed by atoms with van der Waals surface area (Å²) in [7, 11) is 1.80. The number of fused-ring (bicyclic) bond motifs is 1.